The normalized spacial score (nSPS) is 12.7. The van der Waals surface area contributed by atoms with Crippen LogP contribution in [0.2, 0.25) is 0 Å². The topological polar surface area (TPSA) is 106 Å². The predicted molar refractivity (Wildman–Crippen MR) is 124 cm³/mol. The average Bonchev–Trinajstić information content (AvgIpc) is 3.42. The number of aromatic nitrogens is 4. The third-order valence-electron chi connectivity index (χ3n) is 5.75. The molecule has 174 valence electrons. The Kier molecular flexibility index (Phi) is 5.62. The van der Waals surface area contributed by atoms with Crippen molar-refractivity contribution in [2.45, 2.75) is 13.0 Å². The van der Waals surface area contributed by atoms with E-state index in [4.69, 9.17) is 9.47 Å². The number of halogens is 1. The summed E-state index contributed by atoms with van der Waals surface area (Å²) in [5.74, 6) is -0.140. The van der Waals surface area contributed by atoms with Crippen molar-refractivity contribution < 1.29 is 18.7 Å². The van der Waals surface area contributed by atoms with Crippen molar-refractivity contribution in [2.24, 2.45) is 7.05 Å². The van der Waals surface area contributed by atoms with Crippen LogP contribution in [0.25, 0.3) is 11.3 Å². The molecule has 0 radical (unpaired) electrons. The second-order valence-electron chi connectivity index (χ2n) is 7.79. The third-order valence-corrected chi connectivity index (χ3v) is 5.75. The Morgan fingerprint density at radius 2 is 2.12 bits per heavy atom. The van der Waals surface area contributed by atoms with Crippen molar-refractivity contribution >= 4 is 17.3 Å². The number of nitrogens with zero attached hydrogens (tertiary/aromatic N) is 3. The fourth-order valence-electron chi connectivity index (χ4n) is 4.05. The van der Waals surface area contributed by atoms with Crippen LogP contribution >= 0.6 is 0 Å². The van der Waals surface area contributed by atoms with Gasteiger partial charge < -0.3 is 25.1 Å². The van der Waals surface area contributed by atoms with Gasteiger partial charge in [-0.15, -0.1) is 0 Å². The van der Waals surface area contributed by atoms with Crippen molar-refractivity contribution in [3.63, 3.8) is 0 Å². The molecule has 0 bridgehead atoms. The number of methoxy groups -OCH3 is 1. The van der Waals surface area contributed by atoms with Crippen molar-refractivity contribution in [3.05, 3.63) is 71.7 Å². The summed E-state index contributed by atoms with van der Waals surface area (Å²) in [5, 5.41) is 10.3. The molecular formula is C24H23FN6O3. The highest BCUT2D eigenvalue weighted by molar-refractivity contribution is 6.06. The number of benzene rings is 1. The highest BCUT2D eigenvalue weighted by Gasteiger charge is 2.29. The number of carbonyl (C=O) groups is 1. The van der Waals surface area contributed by atoms with Crippen LogP contribution in [0.15, 0.2) is 48.9 Å². The van der Waals surface area contributed by atoms with E-state index in [-0.39, 0.29) is 18.3 Å². The van der Waals surface area contributed by atoms with Crippen LogP contribution in [-0.2, 0) is 20.1 Å². The second-order valence-corrected chi connectivity index (χ2v) is 7.79. The maximum Gasteiger partial charge on any atom is 0.255 e. The zero-order chi connectivity index (χ0) is 23.7. The molecule has 0 unspecified atom stereocenters. The summed E-state index contributed by atoms with van der Waals surface area (Å²) < 4.78 is 27.4. The number of fused-ring (bicyclic) bond motifs is 1. The van der Waals surface area contributed by atoms with E-state index in [0.29, 0.717) is 46.9 Å². The maximum absolute atomic E-state index is 14.4. The van der Waals surface area contributed by atoms with E-state index < -0.39 is 5.82 Å². The number of H-pyrrole nitrogens is 1. The maximum atomic E-state index is 14.4. The molecule has 0 atom stereocenters. The summed E-state index contributed by atoms with van der Waals surface area (Å²) in [5.41, 5.74) is 4.40. The third kappa shape index (κ3) is 3.83. The highest BCUT2D eigenvalue weighted by atomic mass is 19.1. The number of anilines is 2. The molecule has 0 fully saturated rings. The van der Waals surface area contributed by atoms with E-state index in [0.717, 1.165) is 11.4 Å². The molecule has 4 aromatic rings. The van der Waals surface area contributed by atoms with Crippen LogP contribution < -0.4 is 20.1 Å². The Balaban J connectivity index is 1.60. The lowest BCUT2D eigenvalue weighted by atomic mass is 10.0. The molecule has 5 rings (SSSR count). The number of pyridine rings is 1. The van der Waals surface area contributed by atoms with E-state index in [1.54, 1.807) is 35.4 Å². The Morgan fingerprint density at radius 3 is 2.91 bits per heavy atom. The number of carbonyl (C=O) groups excluding carboxylic acids is 1. The minimum atomic E-state index is -0.507. The standard InChI is InChI=1S/C24H23FN6O3/c1-31-14(6-11-28-31)13-34-19-12-26-9-7-15(19)21-22(20-17(29-21)8-10-27-24(20)32)30-18-5-3-4-16(25)23(18)33-2/h3-7,9,11-12,29-30H,8,10,13H2,1-2H3,(H,27,32). The van der Waals surface area contributed by atoms with E-state index >= 15 is 0 Å². The van der Waals surface area contributed by atoms with Crippen molar-refractivity contribution in [2.75, 3.05) is 19.0 Å². The summed E-state index contributed by atoms with van der Waals surface area (Å²) in [6, 6.07) is 8.27. The van der Waals surface area contributed by atoms with Crippen LogP contribution in [0, 0.1) is 5.82 Å². The highest BCUT2D eigenvalue weighted by Crippen LogP contribution is 2.42. The van der Waals surface area contributed by atoms with Crippen LogP contribution in [0.4, 0.5) is 15.8 Å². The van der Waals surface area contributed by atoms with Gasteiger partial charge in [0, 0.05) is 43.7 Å². The largest absolute Gasteiger partial charge is 0.492 e. The Bertz CT molecular complexity index is 1360. The molecule has 0 spiro atoms. The van der Waals surface area contributed by atoms with Crippen molar-refractivity contribution in [3.8, 4) is 22.8 Å². The number of hydrogen-bond acceptors (Lipinski definition) is 6. The first-order chi connectivity index (χ1) is 16.6. The number of aromatic amines is 1. The quantitative estimate of drug-likeness (QED) is 0.388. The molecule has 0 saturated heterocycles. The number of nitrogens with one attached hydrogen (secondary N) is 3. The molecule has 1 amide bonds. The Morgan fingerprint density at radius 1 is 1.24 bits per heavy atom. The molecule has 3 aromatic heterocycles. The van der Waals surface area contributed by atoms with Crippen LogP contribution in [0.5, 0.6) is 11.5 Å². The lowest BCUT2D eigenvalue weighted by Gasteiger charge is -2.17. The van der Waals surface area contributed by atoms with Gasteiger partial charge in [-0.1, -0.05) is 6.07 Å². The van der Waals surface area contributed by atoms with Gasteiger partial charge in [0.1, 0.15) is 12.4 Å². The SMILES string of the molecule is COc1c(F)cccc1Nc1c(-c2ccncc2OCc2ccnn2C)[nH]c2c1C(=O)NCC2. The lowest BCUT2D eigenvalue weighted by Crippen LogP contribution is -2.31. The molecule has 10 heteroatoms. The molecule has 34 heavy (non-hydrogen) atoms. The van der Waals surface area contributed by atoms with Gasteiger partial charge in [0.05, 0.1) is 41.6 Å². The Labute approximate surface area is 194 Å². The van der Waals surface area contributed by atoms with Gasteiger partial charge in [-0.05, 0) is 24.3 Å². The van der Waals surface area contributed by atoms with E-state index in [2.05, 4.69) is 25.7 Å². The summed E-state index contributed by atoms with van der Waals surface area (Å²) in [6.45, 7) is 0.811. The zero-order valence-electron chi connectivity index (χ0n) is 18.7. The van der Waals surface area contributed by atoms with Gasteiger partial charge >= 0.3 is 0 Å². The van der Waals surface area contributed by atoms with E-state index in [9.17, 15) is 9.18 Å². The second kappa shape index (κ2) is 8.89. The number of amides is 1. The van der Waals surface area contributed by atoms with Crippen LogP contribution in [0.3, 0.4) is 0 Å². The van der Waals surface area contributed by atoms with Gasteiger partial charge in [-0.25, -0.2) is 4.39 Å². The minimum absolute atomic E-state index is 0.0574. The predicted octanol–water partition coefficient (Wildman–Crippen LogP) is 3.57. The number of hydrogen-bond donors (Lipinski definition) is 3. The van der Waals surface area contributed by atoms with Crippen LogP contribution in [0.1, 0.15) is 21.7 Å². The molecule has 1 aliphatic heterocycles. The number of para-hydroxylation sites is 1. The molecule has 4 heterocycles. The molecular weight excluding hydrogens is 439 g/mol. The zero-order valence-corrected chi connectivity index (χ0v) is 18.7. The number of aryl methyl sites for hydroxylation is 1. The smallest absolute Gasteiger partial charge is 0.255 e. The van der Waals surface area contributed by atoms with Crippen LogP contribution in [-0.4, -0.2) is 39.3 Å². The van der Waals surface area contributed by atoms with E-state index in [1.807, 2.05) is 19.2 Å². The molecule has 1 aromatic carbocycles. The summed E-state index contributed by atoms with van der Waals surface area (Å²) >= 11 is 0. The number of rotatable bonds is 7. The first-order valence-electron chi connectivity index (χ1n) is 10.7. The van der Waals surface area contributed by atoms with E-state index in [1.165, 1.54) is 13.2 Å². The summed E-state index contributed by atoms with van der Waals surface area (Å²) in [7, 11) is 3.24. The van der Waals surface area contributed by atoms with Gasteiger partial charge in [0.25, 0.3) is 5.91 Å². The van der Waals surface area contributed by atoms with Gasteiger partial charge in [0.15, 0.2) is 11.6 Å². The van der Waals surface area contributed by atoms with Crippen molar-refractivity contribution in [1.82, 2.24) is 25.1 Å². The van der Waals surface area contributed by atoms with Crippen molar-refractivity contribution in [1.29, 1.82) is 0 Å². The molecule has 0 aliphatic carbocycles. The lowest BCUT2D eigenvalue weighted by molar-refractivity contribution is 0.0947. The first kappa shape index (κ1) is 21.5. The summed E-state index contributed by atoms with van der Waals surface area (Å²) in [4.78, 5) is 20.4. The molecule has 1 aliphatic rings. The first-order valence-corrected chi connectivity index (χ1v) is 10.7. The fraction of sp³-hybridized carbons (Fsp3) is 0.208. The van der Waals surface area contributed by atoms with Gasteiger partial charge in [0.2, 0.25) is 0 Å². The molecule has 0 saturated carbocycles. The van der Waals surface area contributed by atoms with Gasteiger partial charge in [-0.2, -0.15) is 5.10 Å². The number of ether oxygens (including phenoxy) is 2. The minimum Gasteiger partial charge on any atom is -0.492 e. The summed E-state index contributed by atoms with van der Waals surface area (Å²) in [6.07, 6.45) is 5.61. The van der Waals surface area contributed by atoms with Gasteiger partial charge in [-0.3, -0.25) is 14.5 Å². The average molecular weight is 462 g/mol. The fourth-order valence-corrected chi connectivity index (χ4v) is 4.05. The molecule has 3 N–H and O–H groups in total. The Hall–Kier alpha value is -4.34. The molecule has 9 nitrogen and oxygen atoms in total. The monoisotopic (exact) mass is 462 g/mol.